The Kier molecular flexibility index (Phi) is 7.52. The van der Waals surface area contributed by atoms with E-state index in [4.69, 9.17) is 36.7 Å². The second-order valence-electron chi connectivity index (χ2n) is 5.37. The number of aryl methyl sites for hydroxylation is 2. The monoisotopic (exact) mass is 404 g/mol. The third-order valence-electron chi connectivity index (χ3n) is 3.37. The van der Waals surface area contributed by atoms with Gasteiger partial charge < -0.3 is 10.6 Å². The summed E-state index contributed by atoms with van der Waals surface area (Å²) in [5.41, 5.74) is 15.2. The number of para-hydroxylation sites is 2. The quantitative estimate of drug-likeness (QED) is 0.335. The smallest absolute Gasteiger partial charge is 0.204 e. The molecule has 2 aromatic carbocycles. The fourth-order valence-corrected chi connectivity index (χ4v) is 2.42. The molecule has 2 aromatic rings. The zero-order chi connectivity index (χ0) is 18.9. The van der Waals surface area contributed by atoms with Gasteiger partial charge >= 0.3 is 0 Å². The Morgan fingerprint density at radius 3 is 1.31 bits per heavy atom. The lowest BCUT2D eigenvalue weighted by atomic mass is 10.2. The van der Waals surface area contributed by atoms with Gasteiger partial charge in [0.2, 0.25) is 5.11 Å². The summed E-state index contributed by atoms with van der Waals surface area (Å²) < 4.78 is 0. The van der Waals surface area contributed by atoms with Gasteiger partial charge in [-0.3, -0.25) is 21.7 Å². The highest BCUT2D eigenvalue weighted by molar-refractivity contribution is 7.81. The standard InChI is InChI=1S/C17H20N6S3/c1-11-7-3-5-9-13(11)18-15(24)20-22-17(26)23-21-16(25)19-14-10-6-4-8-12(14)2/h3-10H,1-2H3,(H2,18,20,24)(H2,19,21,25)(H2,22,23,26). The molecule has 6 N–H and O–H groups in total. The van der Waals surface area contributed by atoms with Crippen molar-refractivity contribution in [3.8, 4) is 0 Å². The molecule has 0 unspecified atom stereocenters. The van der Waals surface area contributed by atoms with E-state index >= 15 is 0 Å². The average Bonchev–Trinajstić information content (AvgIpc) is 2.62. The molecular formula is C17H20N6S3. The summed E-state index contributed by atoms with van der Waals surface area (Å²) in [6.45, 7) is 3.99. The first-order valence-electron chi connectivity index (χ1n) is 7.77. The van der Waals surface area contributed by atoms with Gasteiger partial charge in [0, 0.05) is 11.4 Å². The first kappa shape index (κ1) is 19.8. The number of nitrogens with one attached hydrogen (secondary N) is 6. The van der Waals surface area contributed by atoms with Crippen LogP contribution in [0, 0.1) is 13.8 Å². The molecule has 2 rings (SSSR count). The molecule has 9 heteroatoms. The van der Waals surface area contributed by atoms with Gasteiger partial charge in [-0.25, -0.2) is 0 Å². The molecule has 0 saturated heterocycles. The largest absolute Gasteiger partial charge is 0.331 e. The first-order chi connectivity index (χ1) is 12.5. The van der Waals surface area contributed by atoms with Gasteiger partial charge in [0.25, 0.3) is 0 Å². The van der Waals surface area contributed by atoms with Crippen LogP contribution < -0.4 is 32.3 Å². The van der Waals surface area contributed by atoms with Crippen molar-refractivity contribution in [3.63, 3.8) is 0 Å². The van der Waals surface area contributed by atoms with E-state index in [0.717, 1.165) is 22.5 Å². The van der Waals surface area contributed by atoms with Crippen LogP contribution in [0.15, 0.2) is 48.5 Å². The van der Waals surface area contributed by atoms with Crippen molar-refractivity contribution in [2.45, 2.75) is 13.8 Å². The number of hydrogen-bond donors (Lipinski definition) is 6. The highest BCUT2D eigenvalue weighted by Gasteiger charge is 2.03. The van der Waals surface area contributed by atoms with Gasteiger partial charge in [-0.2, -0.15) is 0 Å². The third kappa shape index (κ3) is 6.43. The Labute approximate surface area is 169 Å². The maximum absolute atomic E-state index is 5.22. The lowest BCUT2D eigenvalue weighted by molar-refractivity contribution is 0.788. The normalized spacial score (nSPS) is 9.62. The Hall–Kier alpha value is -2.49. The molecule has 0 aliphatic carbocycles. The minimum atomic E-state index is 0.285. The van der Waals surface area contributed by atoms with Gasteiger partial charge in [-0.1, -0.05) is 36.4 Å². The molecule has 136 valence electrons. The minimum absolute atomic E-state index is 0.285. The number of thiocarbonyl (C=S) groups is 3. The molecule has 6 nitrogen and oxygen atoms in total. The topological polar surface area (TPSA) is 72.2 Å². The summed E-state index contributed by atoms with van der Waals surface area (Å²) in [5, 5.41) is 7.23. The summed E-state index contributed by atoms with van der Waals surface area (Å²) in [7, 11) is 0. The number of hydrogen-bond acceptors (Lipinski definition) is 3. The molecule has 0 heterocycles. The molecule has 0 amide bonds. The number of benzene rings is 2. The van der Waals surface area contributed by atoms with E-state index in [2.05, 4.69) is 32.3 Å². The fraction of sp³-hybridized carbons (Fsp3) is 0.118. The van der Waals surface area contributed by atoms with Gasteiger partial charge in [0.15, 0.2) is 10.2 Å². The van der Waals surface area contributed by atoms with Crippen LogP contribution in [-0.4, -0.2) is 15.3 Å². The predicted octanol–water partition coefficient (Wildman–Crippen LogP) is 2.87. The molecular weight excluding hydrogens is 384 g/mol. The zero-order valence-electron chi connectivity index (χ0n) is 14.3. The lowest BCUT2D eigenvalue weighted by Crippen LogP contribution is -2.53. The SMILES string of the molecule is Cc1ccccc1NC(=S)NNC(=S)NNC(=S)Nc1ccccc1C. The van der Waals surface area contributed by atoms with Crippen LogP contribution in [0.4, 0.5) is 11.4 Å². The molecule has 0 aliphatic heterocycles. The Bertz CT molecular complexity index is 743. The van der Waals surface area contributed by atoms with Crippen LogP contribution in [-0.2, 0) is 0 Å². The van der Waals surface area contributed by atoms with E-state index in [-0.39, 0.29) is 5.11 Å². The second kappa shape index (κ2) is 9.85. The van der Waals surface area contributed by atoms with Crippen molar-refractivity contribution in [1.29, 1.82) is 0 Å². The molecule has 26 heavy (non-hydrogen) atoms. The van der Waals surface area contributed by atoms with Crippen molar-refractivity contribution in [3.05, 3.63) is 59.7 Å². The van der Waals surface area contributed by atoms with Gasteiger partial charge in [0.1, 0.15) is 0 Å². The van der Waals surface area contributed by atoms with E-state index < -0.39 is 0 Å². The van der Waals surface area contributed by atoms with Gasteiger partial charge in [0.05, 0.1) is 0 Å². The van der Waals surface area contributed by atoms with Crippen molar-refractivity contribution in [2.75, 3.05) is 10.6 Å². The first-order valence-corrected chi connectivity index (χ1v) is 8.99. The van der Waals surface area contributed by atoms with E-state index in [0.29, 0.717) is 10.2 Å². The summed E-state index contributed by atoms with van der Waals surface area (Å²) in [4.78, 5) is 0. The van der Waals surface area contributed by atoms with Crippen molar-refractivity contribution in [2.24, 2.45) is 0 Å². The van der Waals surface area contributed by atoms with Crippen molar-refractivity contribution in [1.82, 2.24) is 21.7 Å². The van der Waals surface area contributed by atoms with Crippen molar-refractivity contribution < 1.29 is 0 Å². The van der Waals surface area contributed by atoms with Crippen LogP contribution in [0.1, 0.15) is 11.1 Å². The maximum atomic E-state index is 5.22. The number of rotatable bonds is 2. The molecule has 0 bridgehead atoms. The zero-order valence-corrected chi connectivity index (χ0v) is 16.8. The third-order valence-corrected chi connectivity index (χ3v) is 3.98. The van der Waals surface area contributed by atoms with Gasteiger partial charge in [-0.15, -0.1) is 0 Å². The highest BCUT2D eigenvalue weighted by atomic mass is 32.1. The second-order valence-corrected chi connectivity index (χ2v) is 6.59. The highest BCUT2D eigenvalue weighted by Crippen LogP contribution is 2.13. The molecule has 0 radical (unpaired) electrons. The average molecular weight is 405 g/mol. The molecule has 0 spiro atoms. The molecule has 0 aromatic heterocycles. The summed E-state index contributed by atoms with van der Waals surface area (Å²) in [5.74, 6) is 0. The van der Waals surface area contributed by atoms with E-state index in [1.807, 2.05) is 62.4 Å². The van der Waals surface area contributed by atoms with Crippen LogP contribution >= 0.6 is 36.7 Å². The van der Waals surface area contributed by atoms with E-state index in [1.165, 1.54) is 0 Å². The van der Waals surface area contributed by atoms with Crippen LogP contribution in [0.5, 0.6) is 0 Å². The predicted molar refractivity (Wildman–Crippen MR) is 120 cm³/mol. The Morgan fingerprint density at radius 1 is 0.577 bits per heavy atom. The molecule has 0 fully saturated rings. The Balaban J connectivity index is 1.70. The molecule has 0 atom stereocenters. The Morgan fingerprint density at radius 2 is 0.923 bits per heavy atom. The summed E-state index contributed by atoms with van der Waals surface area (Å²) >= 11 is 15.6. The fourth-order valence-electron chi connectivity index (χ4n) is 1.99. The van der Waals surface area contributed by atoms with Crippen LogP contribution in [0.25, 0.3) is 0 Å². The van der Waals surface area contributed by atoms with E-state index in [1.54, 1.807) is 0 Å². The van der Waals surface area contributed by atoms with Crippen LogP contribution in [0.3, 0.4) is 0 Å². The summed E-state index contributed by atoms with van der Waals surface area (Å²) in [6.07, 6.45) is 0. The maximum Gasteiger partial charge on any atom is 0.204 e. The molecule has 0 saturated carbocycles. The van der Waals surface area contributed by atoms with Crippen LogP contribution in [0.2, 0.25) is 0 Å². The lowest BCUT2D eigenvalue weighted by Gasteiger charge is -2.17. The van der Waals surface area contributed by atoms with Crippen molar-refractivity contribution >= 4 is 63.4 Å². The summed E-state index contributed by atoms with van der Waals surface area (Å²) in [6, 6.07) is 15.7. The number of hydrazine groups is 2. The van der Waals surface area contributed by atoms with Gasteiger partial charge in [-0.05, 0) is 73.8 Å². The minimum Gasteiger partial charge on any atom is -0.331 e. The van der Waals surface area contributed by atoms with E-state index in [9.17, 15) is 0 Å². The molecule has 0 aliphatic rings. The number of anilines is 2.